The molecule has 0 spiro atoms. The molecule has 1 fully saturated rings. The zero-order valence-electron chi connectivity index (χ0n) is 12.5. The number of hydrogen-bond donors (Lipinski definition) is 2. The molecule has 1 aliphatic heterocycles. The summed E-state index contributed by atoms with van der Waals surface area (Å²) in [5.41, 5.74) is 3.05. The first-order chi connectivity index (χ1) is 9.61. The van der Waals surface area contributed by atoms with Crippen molar-refractivity contribution < 1.29 is 9.53 Å². The van der Waals surface area contributed by atoms with Crippen molar-refractivity contribution in [2.24, 2.45) is 5.92 Å². The van der Waals surface area contributed by atoms with E-state index in [2.05, 4.69) is 23.6 Å². The maximum Gasteiger partial charge on any atom is 0.224 e. The zero-order chi connectivity index (χ0) is 14.5. The number of carbonyl (C=O) groups excluding carboxylic acids is 1. The van der Waals surface area contributed by atoms with Gasteiger partial charge < -0.3 is 15.4 Å². The highest BCUT2D eigenvalue weighted by molar-refractivity contribution is 5.92. The van der Waals surface area contributed by atoms with Crippen LogP contribution in [-0.2, 0) is 9.53 Å². The van der Waals surface area contributed by atoms with Gasteiger partial charge in [-0.15, -0.1) is 0 Å². The van der Waals surface area contributed by atoms with Crippen molar-refractivity contribution in [3.05, 3.63) is 23.8 Å². The minimum absolute atomic E-state index is 0.0440. The summed E-state index contributed by atoms with van der Waals surface area (Å²) >= 11 is 0. The molecule has 0 saturated carbocycles. The summed E-state index contributed by atoms with van der Waals surface area (Å²) in [6, 6.07) is 6.34. The normalized spacial score (nSPS) is 19.6. The highest BCUT2D eigenvalue weighted by atomic mass is 16.5. The summed E-state index contributed by atoms with van der Waals surface area (Å²) in [7, 11) is 0. The van der Waals surface area contributed by atoms with E-state index >= 15 is 0 Å². The van der Waals surface area contributed by atoms with Crippen molar-refractivity contribution in [3.8, 4) is 0 Å². The average molecular weight is 276 g/mol. The highest BCUT2D eigenvalue weighted by Gasteiger charge is 2.22. The van der Waals surface area contributed by atoms with Crippen LogP contribution in [0.5, 0.6) is 0 Å². The fraction of sp³-hybridized carbons (Fsp3) is 0.562. The molecule has 2 atom stereocenters. The summed E-state index contributed by atoms with van der Waals surface area (Å²) in [5, 5.41) is 6.49. The van der Waals surface area contributed by atoms with Gasteiger partial charge in [-0.3, -0.25) is 4.79 Å². The van der Waals surface area contributed by atoms with Gasteiger partial charge >= 0.3 is 0 Å². The van der Waals surface area contributed by atoms with E-state index in [0.29, 0.717) is 18.4 Å². The number of amides is 1. The first kappa shape index (κ1) is 14.9. The van der Waals surface area contributed by atoms with E-state index in [9.17, 15) is 4.79 Å². The van der Waals surface area contributed by atoms with Crippen molar-refractivity contribution in [3.63, 3.8) is 0 Å². The molecule has 2 N–H and O–H groups in total. The van der Waals surface area contributed by atoms with Gasteiger partial charge in [0.1, 0.15) is 0 Å². The minimum Gasteiger partial charge on any atom is -0.382 e. The van der Waals surface area contributed by atoms with Crippen molar-refractivity contribution in [1.82, 2.24) is 0 Å². The summed E-state index contributed by atoms with van der Waals surface area (Å²) in [6.07, 6.45) is 1.60. The Morgan fingerprint density at radius 2 is 2.20 bits per heavy atom. The van der Waals surface area contributed by atoms with Gasteiger partial charge in [0, 0.05) is 36.4 Å². The Balaban J connectivity index is 2.07. The summed E-state index contributed by atoms with van der Waals surface area (Å²) < 4.78 is 5.44. The first-order valence-corrected chi connectivity index (χ1v) is 7.35. The van der Waals surface area contributed by atoms with Crippen LogP contribution in [0.2, 0.25) is 0 Å². The van der Waals surface area contributed by atoms with E-state index in [1.54, 1.807) is 0 Å². The molecule has 1 saturated heterocycles. The summed E-state index contributed by atoms with van der Waals surface area (Å²) in [5.74, 6) is 0.603. The Bertz CT molecular complexity index is 468. The molecule has 1 amide bonds. The van der Waals surface area contributed by atoms with Gasteiger partial charge in [-0.25, -0.2) is 0 Å². The van der Waals surface area contributed by atoms with Gasteiger partial charge in [-0.05, 0) is 38.0 Å². The monoisotopic (exact) mass is 276 g/mol. The van der Waals surface area contributed by atoms with Crippen molar-refractivity contribution in [1.29, 1.82) is 0 Å². The van der Waals surface area contributed by atoms with Gasteiger partial charge in [-0.2, -0.15) is 0 Å². The molecule has 1 heterocycles. The molecule has 1 aliphatic rings. The Kier molecular flexibility index (Phi) is 5.01. The number of rotatable bonds is 5. The molecule has 0 bridgehead atoms. The van der Waals surface area contributed by atoms with E-state index in [0.717, 1.165) is 36.6 Å². The van der Waals surface area contributed by atoms with Crippen LogP contribution >= 0.6 is 0 Å². The van der Waals surface area contributed by atoms with Crippen LogP contribution in [0.4, 0.5) is 11.4 Å². The second-order valence-electron chi connectivity index (χ2n) is 5.44. The zero-order valence-corrected chi connectivity index (χ0v) is 12.5. The molecule has 0 radical (unpaired) electrons. The van der Waals surface area contributed by atoms with Crippen LogP contribution in [0.25, 0.3) is 0 Å². The Labute approximate surface area is 120 Å². The molecule has 1 aromatic carbocycles. The molecule has 0 aliphatic carbocycles. The maximum atomic E-state index is 11.5. The topological polar surface area (TPSA) is 50.4 Å². The van der Waals surface area contributed by atoms with Crippen molar-refractivity contribution in [2.45, 2.75) is 39.7 Å². The third-order valence-corrected chi connectivity index (χ3v) is 3.98. The molecule has 1 aromatic rings. The van der Waals surface area contributed by atoms with Crippen molar-refractivity contribution >= 4 is 17.3 Å². The van der Waals surface area contributed by atoms with Crippen molar-refractivity contribution in [2.75, 3.05) is 23.8 Å². The van der Waals surface area contributed by atoms with Crippen LogP contribution in [0.1, 0.15) is 32.3 Å². The number of carbonyl (C=O) groups is 1. The molecule has 0 aromatic heterocycles. The molecule has 4 nitrogen and oxygen atoms in total. The maximum absolute atomic E-state index is 11.5. The van der Waals surface area contributed by atoms with Gasteiger partial charge in [0.2, 0.25) is 5.91 Å². The molecule has 4 heteroatoms. The van der Waals surface area contributed by atoms with E-state index < -0.39 is 0 Å². The minimum atomic E-state index is 0.0440. The van der Waals surface area contributed by atoms with Crippen LogP contribution < -0.4 is 10.6 Å². The second kappa shape index (κ2) is 6.75. The smallest absolute Gasteiger partial charge is 0.224 e. The third-order valence-electron chi connectivity index (χ3n) is 3.98. The second-order valence-corrected chi connectivity index (χ2v) is 5.44. The number of benzene rings is 1. The number of hydrogen-bond acceptors (Lipinski definition) is 3. The quantitative estimate of drug-likeness (QED) is 0.868. The lowest BCUT2D eigenvalue weighted by Gasteiger charge is -2.22. The Hall–Kier alpha value is -1.55. The van der Waals surface area contributed by atoms with Crippen LogP contribution in [0, 0.1) is 12.8 Å². The van der Waals surface area contributed by atoms with Crippen LogP contribution in [-0.4, -0.2) is 25.2 Å². The molecular formula is C16H24N2O2. The van der Waals surface area contributed by atoms with Gasteiger partial charge in [0.25, 0.3) is 0 Å². The van der Waals surface area contributed by atoms with Crippen LogP contribution in [0.3, 0.4) is 0 Å². The Morgan fingerprint density at radius 3 is 2.85 bits per heavy atom. The van der Waals surface area contributed by atoms with E-state index in [-0.39, 0.29) is 5.91 Å². The predicted molar refractivity (Wildman–Crippen MR) is 82.1 cm³/mol. The van der Waals surface area contributed by atoms with Gasteiger partial charge in [-0.1, -0.05) is 13.0 Å². The van der Waals surface area contributed by atoms with Gasteiger partial charge in [0.15, 0.2) is 0 Å². The fourth-order valence-corrected chi connectivity index (χ4v) is 2.48. The fourth-order valence-electron chi connectivity index (χ4n) is 2.48. The standard InChI is InChI=1S/C16H24N2O2/c1-4-16(19)18-15-7-5-6-14(11(15)2)17-12(3)13-8-9-20-10-13/h5-7,12-13,17H,4,8-10H2,1-3H3,(H,18,19). The lowest BCUT2D eigenvalue weighted by molar-refractivity contribution is -0.115. The number of nitrogens with one attached hydrogen (secondary N) is 2. The summed E-state index contributed by atoms with van der Waals surface area (Å²) in [4.78, 5) is 11.5. The largest absolute Gasteiger partial charge is 0.382 e. The average Bonchev–Trinajstić information content (AvgIpc) is 2.97. The predicted octanol–water partition coefficient (Wildman–Crippen LogP) is 3.18. The van der Waals surface area contributed by atoms with E-state index in [1.807, 2.05) is 26.0 Å². The Morgan fingerprint density at radius 1 is 1.45 bits per heavy atom. The first-order valence-electron chi connectivity index (χ1n) is 7.35. The molecule has 20 heavy (non-hydrogen) atoms. The molecule has 110 valence electrons. The van der Waals surface area contributed by atoms with E-state index in [4.69, 9.17) is 4.74 Å². The molecule has 2 rings (SSSR count). The number of ether oxygens (including phenoxy) is 1. The number of anilines is 2. The van der Waals surface area contributed by atoms with Crippen LogP contribution in [0.15, 0.2) is 18.2 Å². The molecule has 2 unspecified atom stereocenters. The highest BCUT2D eigenvalue weighted by Crippen LogP contribution is 2.26. The van der Waals surface area contributed by atoms with Gasteiger partial charge in [0.05, 0.1) is 6.61 Å². The lowest BCUT2D eigenvalue weighted by atomic mass is 10.00. The SMILES string of the molecule is CCC(=O)Nc1cccc(NC(C)C2CCOC2)c1C. The third kappa shape index (κ3) is 3.51. The lowest BCUT2D eigenvalue weighted by Crippen LogP contribution is -2.26. The summed E-state index contributed by atoms with van der Waals surface area (Å²) in [6.45, 7) is 7.78. The molecular weight excluding hydrogens is 252 g/mol. The van der Waals surface area contributed by atoms with E-state index in [1.165, 1.54) is 0 Å².